The topological polar surface area (TPSA) is 48.1 Å². The van der Waals surface area contributed by atoms with E-state index >= 15 is 0 Å². The SMILES string of the molecule is C/C=C\S/C(=C\C)c1cc(OCC)c2cc(N)ccc2n1.CC.CC. The summed E-state index contributed by atoms with van der Waals surface area (Å²) in [7, 11) is 0. The van der Waals surface area contributed by atoms with Crippen molar-refractivity contribution in [1.29, 1.82) is 0 Å². The number of anilines is 1. The van der Waals surface area contributed by atoms with Gasteiger partial charge in [-0.1, -0.05) is 51.6 Å². The summed E-state index contributed by atoms with van der Waals surface area (Å²) < 4.78 is 5.76. The zero-order valence-corrected chi connectivity index (χ0v) is 17.4. The van der Waals surface area contributed by atoms with Crippen LogP contribution in [-0.4, -0.2) is 11.6 Å². The molecule has 0 aliphatic carbocycles. The summed E-state index contributed by atoms with van der Waals surface area (Å²) in [5.41, 5.74) is 8.40. The third-order valence-electron chi connectivity index (χ3n) is 2.94. The van der Waals surface area contributed by atoms with Gasteiger partial charge in [0.1, 0.15) is 5.75 Å². The lowest BCUT2D eigenvalue weighted by molar-refractivity contribution is 0.344. The highest BCUT2D eigenvalue weighted by atomic mass is 32.2. The average Bonchev–Trinajstić information content (AvgIpc) is 2.66. The molecule has 1 heterocycles. The lowest BCUT2D eigenvalue weighted by Crippen LogP contribution is -1.97. The molecule has 0 aliphatic rings. The fourth-order valence-corrected chi connectivity index (χ4v) is 2.68. The van der Waals surface area contributed by atoms with E-state index in [1.165, 1.54) is 0 Å². The molecule has 2 N–H and O–H groups in total. The number of allylic oxidation sites excluding steroid dienone is 2. The minimum atomic E-state index is 0.612. The van der Waals surface area contributed by atoms with Gasteiger partial charge in [0, 0.05) is 22.0 Å². The number of thioether (sulfide) groups is 1. The molecule has 1 aromatic carbocycles. The van der Waals surface area contributed by atoms with Crippen molar-refractivity contribution in [2.45, 2.75) is 48.5 Å². The number of benzene rings is 1. The summed E-state index contributed by atoms with van der Waals surface area (Å²) >= 11 is 1.65. The van der Waals surface area contributed by atoms with Gasteiger partial charge in [-0.15, -0.1) is 0 Å². The maximum absolute atomic E-state index is 5.87. The highest BCUT2D eigenvalue weighted by Gasteiger charge is 2.10. The van der Waals surface area contributed by atoms with E-state index in [0.717, 1.165) is 27.3 Å². The van der Waals surface area contributed by atoms with Gasteiger partial charge in [-0.25, -0.2) is 4.98 Å². The van der Waals surface area contributed by atoms with Crippen molar-refractivity contribution in [1.82, 2.24) is 4.98 Å². The molecule has 0 saturated heterocycles. The zero-order chi connectivity index (χ0) is 19.2. The first-order valence-electron chi connectivity index (χ1n) is 8.97. The van der Waals surface area contributed by atoms with Gasteiger partial charge >= 0.3 is 0 Å². The normalized spacial score (nSPS) is 10.8. The van der Waals surface area contributed by atoms with E-state index in [9.17, 15) is 0 Å². The molecule has 0 spiro atoms. The Kier molecular flexibility index (Phi) is 12.3. The number of nitrogens with zero attached hydrogens (tertiary/aromatic N) is 1. The van der Waals surface area contributed by atoms with E-state index in [1.54, 1.807) is 11.8 Å². The fourth-order valence-electron chi connectivity index (χ4n) is 2.03. The molecule has 3 nitrogen and oxygen atoms in total. The summed E-state index contributed by atoms with van der Waals surface area (Å²) in [5, 5.41) is 3.00. The van der Waals surface area contributed by atoms with Gasteiger partial charge in [0.05, 0.1) is 17.8 Å². The number of nitrogens with two attached hydrogens (primary N) is 1. The maximum atomic E-state index is 5.87. The summed E-state index contributed by atoms with van der Waals surface area (Å²) in [4.78, 5) is 5.83. The van der Waals surface area contributed by atoms with Crippen LogP contribution >= 0.6 is 11.8 Å². The van der Waals surface area contributed by atoms with Crippen LogP contribution in [-0.2, 0) is 0 Å². The number of rotatable bonds is 5. The first kappa shape index (κ1) is 23.1. The zero-order valence-electron chi connectivity index (χ0n) is 16.6. The monoisotopic (exact) mass is 360 g/mol. The molecule has 0 saturated carbocycles. The molecule has 0 amide bonds. The quantitative estimate of drug-likeness (QED) is 0.589. The van der Waals surface area contributed by atoms with Gasteiger partial charge in [0.25, 0.3) is 0 Å². The van der Waals surface area contributed by atoms with Crippen LogP contribution in [0.1, 0.15) is 54.2 Å². The molecule has 0 atom stereocenters. The molecule has 0 bridgehead atoms. The third kappa shape index (κ3) is 6.83. The molecule has 0 aliphatic heterocycles. The molecule has 1 aromatic heterocycles. The van der Waals surface area contributed by atoms with E-state index in [1.807, 2.05) is 84.2 Å². The number of pyridine rings is 1. The van der Waals surface area contributed by atoms with Crippen molar-refractivity contribution >= 4 is 33.3 Å². The largest absolute Gasteiger partial charge is 0.493 e. The summed E-state index contributed by atoms with van der Waals surface area (Å²) in [6.45, 7) is 14.6. The number of hydrogen-bond donors (Lipinski definition) is 1. The molecule has 0 fully saturated rings. The van der Waals surface area contributed by atoms with Crippen LogP contribution in [0.2, 0.25) is 0 Å². The van der Waals surface area contributed by atoms with E-state index in [-0.39, 0.29) is 0 Å². The van der Waals surface area contributed by atoms with Gasteiger partial charge in [-0.3, -0.25) is 0 Å². The molecule has 0 unspecified atom stereocenters. The number of hydrogen-bond acceptors (Lipinski definition) is 4. The number of fused-ring (bicyclic) bond motifs is 1. The van der Waals surface area contributed by atoms with Gasteiger partial charge in [-0.05, 0) is 44.4 Å². The van der Waals surface area contributed by atoms with Crippen molar-refractivity contribution in [3.05, 3.63) is 47.5 Å². The fraction of sp³-hybridized carbons (Fsp3) is 0.381. The molecule has 2 rings (SSSR count). The van der Waals surface area contributed by atoms with Crippen molar-refractivity contribution < 1.29 is 4.74 Å². The van der Waals surface area contributed by atoms with E-state index < -0.39 is 0 Å². The van der Waals surface area contributed by atoms with Crippen molar-refractivity contribution in [2.75, 3.05) is 12.3 Å². The second-order valence-electron chi connectivity index (χ2n) is 4.46. The van der Waals surface area contributed by atoms with Gasteiger partial charge in [0.2, 0.25) is 0 Å². The Morgan fingerprint density at radius 2 is 1.84 bits per heavy atom. The van der Waals surface area contributed by atoms with Crippen LogP contribution < -0.4 is 10.5 Å². The molecule has 0 radical (unpaired) electrons. The predicted molar refractivity (Wildman–Crippen MR) is 116 cm³/mol. The predicted octanol–water partition coefficient (Wildman–Crippen LogP) is 6.90. The summed E-state index contributed by atoms with van der Waals surface area (Å²) in [6, 6.07) is 7.69. The number of aromatic nitrogens is 1. The van der Waals surface area contributed by atoms with E-state index in [4.69, 9.17) is 15.5 Å². The Balaban J connectivity index is 0.00000134. The van der Waals surface area contributed by atoms with E-state index in [2.05, 4.69) is 6.08 Å². The maximum Gasteiger partial charge on any atom is 0.130 e. The first-order valence-corrected chi connectivity index (χ1v) is 9.85. The Bertz CT molecular complexity index is 694. The minimum absolute atomic E-state index is 0.612. The van der Waals surface area contributed by atoms with Crippen LogP contribution in [0.15, 0.2) is 41.8 Å². The Hall–Kier alpha value is -1.94. The standard InChI is InChI=1S/C17H20N2OS.2C2H6/c1-4-9-21-17(5-2)15-11-16(20-6-3)13-10-12(18)7-8-14(13)19-15;2*1-2/h4-5,7-11H,6,18H2,1-3H3;2*1-2H3/b9-4-,17-5-;;. The Labute approximate surface area is 157 Å². The van der Waals surface area contributed by atoms with Gasteiger partial charge in [0.15, 0.2) is 0 Å². The second-order valence-corrected chi connectivity index (χ2v) is 5.40. The highest BCUT2D eigenvalue weighted by Crippen LogP contribution is 2.34. The number of nitrogen functional groups attached to an aromatic ring is 1. The smallest absolute Gasteiger partial charge is 0.130 e. The second kappa shape index (κ2) is 13.4. The van der Waals surface area contributed by atoms with Gasteiger partial charge in [-0.2, -0.15) is 0 Å². The van der Waals surface area contributed by atoms with Crippen molar-refractivity contribution in [3.63, 3.8) is 0 Å². The number of ether oxygens (including phenoxy) is 1. The molecule has 2 aromatic rings. The Morgan fingerprint density at radius 3 is 2.40 bits per heavy atom. The summed E-state index contributed by atoms with van der Waals surface area (Å²) in [6.07, 6.45) is 4.07. The Morgan fingerprint density at radius 1 is 1.16 bits per heavy atom. The lowest BCUT2D eigenvalue weighted by Gasteiger charge is -2.11. The minimum Gasteiger partial charge on any atom is -0.493 e. The van der Waals surface area contributed by atoms with Crippen LogP contribution in [0.25, 0.3) is 15.8 Å². The summed E-state index contributed by atoms with van der Waals surface area (Å²) in [5.74, 6) is 0.824. The molecular formula is C21H32N2OS. The molecule has 25 heavy (non-hydrogen) atoms. The first-order chi connectivity index (χ1) is 12.2. The molecule has 138 valence electrons. The molecule has 4 heteroatoms. The highest BCUT2D eigenvalue weighted by molar-refractivity contribution is 8.10. The van der Waals surface area contributed by atoms with Crippen LogP contribution in [0, 0.1) is 0 Å². The van der Waals surface area contributed by atoms with Crippen molar-refractivity contribution in [2.24, 2.45) is 0 Å². The van der Waals surface area contributed by atoms with Crippen LogP contribution in [0.5, 0.6) is 5.75 Å². The third-order valence-corrected chi connectivity index (χ3v) is 4.05. The van der Waals surface area contributed by atoms with E-state index in [0.29, 0.717) is 12.3 Å². The molecular weight excluding hydrogens is 328 g/mol. The van der Waals surface area contributed by atoms with Crippen LogP contribution in [0.3, 0.4) is 0 Å². The average molecular weight is 361 g/mol. The lowest BCUT2D eigenvalue weighted by atomic mass is 10.1. The van der Waals surface area contributed by atoms with Crippen LogP contribution in [0.4, 0.5) is 5.69 Å². The van der Waals surface area contributed by atoms with Crippen molar-refractivity contribution in [3.8, 4) is 5.75 Å². The van der Waals surface area contributed by atoms with Gasteiger partial charge < -0.3 is 10.5 Å².